The van der Waals surface area contributed by atoms with Gasteiger partial charge in [-0.25, -0.2) is 0 Å². The van der Waals surface area contributed by atoms with Crippen LogP contribution in [0.5, 0.6) is 0 Å². The standard InChI is InChI=1S/C13H17O3P.C2H6/c1-9-4-6-11(7-5-9)13(15)10(2)8-12(14)16-17-3;1-2/h4-7,10,17H,8H2,1-3H3;1-2H3. The second-order valence-electron chi connectivity index (χ2n) is 4.01. The Kier molecular flexibility index (Phi) is 9.07. The van der Waals surface area contributed by atoms with Crippen LogP contribution in [-0.2, 0) is 9.32 Å². The van der Waals surface area contributed by atoms with Crippen LogP contribution in [0.15, 0.2) is 24.3 Å². The molecule has 0 saturated heterocycles. The van der Waals surface area contributed by atoms with E-state index in [9.17, 15) is 9.59 Å². The smallest absolute Gasteiger partial charge is 0.308 e. The molecule has 2 unspecified atom stereocenters. The van der Waals surface area contributed by atoms with Crippen LogP contribution in [0.1, 0.15) is 43.1 Å². The topological polar surface area (TPSA) is 43.4 Å². The molecule has 0 aliphatic carbocycles. The molecule has 0 heterocycles. The number of carbonyl (C=O) groups is 2. The number of hydrogen-bond acceptors (Lipinski definition) is 3. The summed E-state index contributed by atoms with van der Waals surface area (Å²) < 4.78 is 4.85. The molecule has 0 saturated carbocycles. The predicted octanol–water partition coefficient (Wildman–Crippen LogP) is 4.00. The van der Waals surface area contributed by atoms with Crippen LogP contribution in [0.3, 0.4) is 0 Å². The maximum atomic E-state index is 12.0. The van der Waals surface area contributed by atoms with Crippen molar-refractivity contribution in [1.82, 2.24) is 0 Å². The third-order valence-electron chi connectivity index (χ3n) is 2.47. The van der Waals surface area contributed by atoms with Gasteiger partial charge >= 0.3 is 5.97 Å². The molecule has 4 heteroatoms. The van der Waals surface area contributed by atoms with Crippen LogP contribution in [0.2, 0.25) is 0 Å². The maximum absolute atomic E-state index is 12.0. The van der Waals surface area contributed by atoms with E-state index in [2.05, 4.69) is 0 Å². The largest absolute Gasteiger partial charge is 0.448 e. The average Bonchev–Trinajstić information content (AvgIpc) is 2.41. The van der Waals surface area contributed by atoms with Crippen molar-refractivity contribution < 1.29 is 14.1 Å². The second kappa shape index (κ2) is 9.69. The van der Waals surface area contributed by atoms with Gasteiger partial charge < -0.3 is 4.52 Å². The van der Waals surface area contributed by atoms with E-state index >= 15 is 0 Å². The highest BCUT2D eigenvalue weighted by Crippen LogP contribution is 2.16. The van der Waals surface area contributed by atoms with Crippen molar-refractivity contribution in [1.29, 1.82) is 0 Å². The quantitative estimate of drug-likeness (QED) is 0.605. The van der Waals surface area contributed by atoms with Gasteiger partial charge in [-0.3, -0.25) is 9.59 Å². The number of benzene rings is 1. The fourth-order valence-corrected chi connectivity index (χ4v) is 1.81. The van der Waals surface area contributed by atoms with Crippen molar-refractivity contribution >= 4 is 20.6 Å². The molecule has 0 bridgehead atoms. The molecular weight excluding hydrogens is 259 g/mol. The lowest BCUT2D eigenvalue weighted by molar-refractivity contribution is -0.134. The minimum Gasteiger partial charge on any atom is -0.448 e. The third-order valence-corrected chi connectivity index (χ3v) is 2.90. The lowest BCUT2D eigenvalue weighted by Gasteiger charge is -2.09. The second-order valence-corrected chi connectivity index (χ2v) is 4.63. The molecule has 2 atom stereocenters. The van der Waals surface area contributed by atoms with E-state index in [1.165, 1.54) is 0 Å². The van der Waals surface area contributed by atoms with Gasteiger partial charge in [-0.1, -0.05) is 50.6 Å². The van der Waals surface area contributed by atoms with Crippen molar-refractivity contribution in [2.75, 3.05) is 6.66 Å². The summed E-state index contributed by atoms with van der Waals surface area (Å²) in [6, 6.07) is 7.37. The molecule has 0 aliphatic heterocycles. The summed E-state index contributed by atoms with van der Waals surface area (Å²) in [6.07, 6.45) is 0.146. The van der Waals surface area contributed by atoms with Crippen LogP contribution >= 0.6 is 8.81 Å². The highest BCUT2D eigenvalue weighted by molar-refractivity contribution is 7.31. The number of Topliss-reactive ketones (excluding diaryl/α,β-unsaturated/α-hetero) is 1. The zero-order valence-electron chi connectivity index (χ0n) is 12.3. The lowest BCUT2D eigenvalue weighted by atomic mass is 9.96. The van der Waals surface area contributed by atoms with Gasteiger partial charge in [-0.2, -0.15) is 0 Å². The minimum atomic E-state index is -0.332. The SMILES string of the molecule is CC.CPOC(=O)CC(C)C(=O)c1ccc(C)cc1. The van der Waals surface area contributed by atoms with Crippen LogP contribution < -0.4 is 0 Å². The molecule has 0 amide bonds. The van der Waals surface area contributed by atoms with Crippen molar-refractivity contribution in [3.63, 3.8) is 0 Å². The summed E-state index contributed by atoms with van der Waals surface area (Å²) in [7, 11) is 0.135. The molecule has 1 aromatic rings. The first-order chi connectivity index (χ1) is 9.04. The molecule has 0 aliphatic rings. The Hall–Kier alpha value is -1.21. The first-order valence-corrected chi connectivity index (χ1v) is 7.92. The Balaban J connectivity index is 0.00000154. The molecule has 0 fully saturated rings. The average molecular weight is 282 g/mol. The number of rotatable bonds is 5. The van der Waals surface area contributed by atoms with Crippen molar-refractivity contribution in [2.24, 2.45) is 5.92 Å². The fourth-order valence-electron chi connectivity index (χ4n) is 1.50. The van der Waals surface area contributed by atoms with Gasteiger partial charge in [-0.05, 0) is 13.6 Å². The Morgan fingerprint density at radius 3 is 2.21 bits per heavy atom. The Morgan fingerprint density at radius 2 is 1.74 bits per heavy atom. The molecule has 1 aromatic carbocycles. The maximum Gasteiger partial charge on any atom is 0.308 e. The number of aryl methyl sites for hydroxylation is 1. The zero-order valence-corrected chi connectivity index (χ0v) is 13.3. The highest BCUT2D eigenvalue weighted by Gasteiger charge is 2.19. The molecule has 1 rings (SSSR count). The first kappa shape index (κ1) is 17.8. The predicted molar refractivity (Wildman–Crippen MR) is 81.0 cm³/mol. The summed E-state index contributed by atoms with van der Waals surface area (Å²) in [6.45, 7) is 9.50. The van der Waals surface area contributed by atoms with E-state index in [1.807, 2.05) is 32.9 Å². The monoisotopic (exact) mass is 282 g/mol. The molecule has 19 heavy (non-hydrogen) atoms. The Bertz CT molecular complexity index is 398. The molecule has 0 aromatic heterocycles. The number of ketones is 1. The van der Waals surface area contributed by atoms with Gasteiger partial charge in [0.05, 0.1) is 15.2 Å². The van der Waals surface area contributed by atoms with Gasteiger partial charge in [-0.15, -0.1) is 0 Å². The van der Waals surface area contributed by atoms with E-state index in [-0.39, 0.29) is 32.9 Å². The van der Waals surface area contributed by atoms with E-state index in [0.717, 1.165) is 5.56 Å². The highest BCUT2D eigenvalue weighted by atomic mass is 31.1. The van der Waals surface area contributed by atoms with Gasteiger partial charge in [0.15, 0.2) is 5.78 Å². The number of hydrogen-bond donors (Lipinski definition) is 0. The van der Waals surface area contributed by atoms with E-state index in [1.54, 1.807) is 25.7 Å². The Morgan fingerprint density at radius 1 is 1.21 bits per heavy atom. The summed E-state index contributed by atoms with van der Waals surface area (Å²) in [4.78, 5) is 23.3. The molecular formula is C15H23O3P. The molecule has 0 N–H and O–H groups in total. The van der Waals surface area contributed by atoms with Crippen molar-refractivity contribution in [3.05, 3.63) is 35.4 Å². The van der Waals surface area contributed by atoms with Crippen LogP contribution in [0.25, 0.3) is 0 Å². The minimum absolute atomic E-state index is 0.0126. The fraction of sp³-hybridized carbons (Fsp3) is 0.467. The summed E-state index contributed by atoms with van der Waals surface area (Å²) in [5.74, 6) is -0.651. The van der Waals surface area contributed by atoms with Gasteiger partial charge in [0, 0.05) is 11.5 Å². The summed E-state index contributed by atoms with van der Waals surface area (Å²) in [5, 5.41) is 0. The van der Waals surface area contributed by atoms with Gasteiger partial charge in [0.2, 0.25) is 0 Å². The summed E-state index contributed by atoms with van der Waals surface area (Å²) in [5.41, 5.74) is 1.76. The molecule has 0 spiro atoms. The zero-order chi connectivity index (χ0) is 14.8. The van der Waals surface area contributed by atoms with Gasteiger partial charge in [0.1, 0.15) is 0 Å². The van der Waals surface area contributed by atoms with Crippen molar-refractivity contribution in [2.45, 2.75) is 34.1 Å². The van der Waals surface area contributed by atoms with E-state index in [4.69, 9.17) is 4.52 Å². The third kappa shape index (κ3) is 6.49. The van der Waals surface area contributed by atoms with E-state index in [0.29, 0.717) is 5.56 Å². The lowest BCUT2D eigenvalue weighted by Crippen LogP contribution is -2.15. The normalized spacial score (nSPS) is 11.6. The molecule has 0 radical (unpaired) electrons. The summed E-state index contributed by atoms with van der Waals surface area (Å²) >= 11 is 0. The van der Waals surface area contributed by atoms with Crippen LogP contribution in [-0.4, -0.2) is 18.4 Å². The van der Waals surface area contributed by atoms with Crippen molar-refractivity contribution in [3.8, 4) is 0 Å². The first-order valence-electron chi connectivity index (χ1n) is 6.52. The Labute approximate surface area is 117 Å². The number of carbonyl (C=O) groups excluding carboxylic acids is 2. The van der Waals surface area contributed by atoms with Crippen LogP contribution in [0.4, 0.5) is 0 Å². The van der Waals surface area contributed by atoms with Crippen LogP contribution in [0, 0.1) is 12.8 Å². The van der Waals surface area contributed by atoms with Gasteiger partial charge in [0.25, 0.3) is 0 Å². The molecule has 3 nitrogen and oxygen atoms in total. The molecule has 106 valence electrons. The van der Waals surface area contributed by atoms with E-state index < -0.39 is 0 Å².